The Kier molecular flexibility index (Phi) is 6.38. The average Bonchev–Trinajstić information content (AvgIpc) is 3.01. The van der Waals surface area contributed by atoms with Gasteiger partial charge in [0.05, 0.1) is 17.3 Å². The third-order valence-corrected chi connectivity index (χ3v) is 6.47. The summed E-state index contributed by atoms with van der Waals surface area (Å²) in [4.78, 5) is 0. The molecule has 0 fully saturated rings. The van der Waals surface area contributed by atoms with Gasteiger partial charge < -0.3 is 0 Å². The van der Waals surface area contributed by atoms with Crippen molar-refractivity contribution < 1.29 is 0 Å². The van der Waals surface area contributed by atoms with E-state index in [1.807, 2.05) is 65.3 Å². The van der Waals surface area contributed by atoms with Gasteiger partial charge in [-0.3, -0.25) is 4.68 Å². The van der Waals surface area contributed by atoms with Gasteiger partial charge in [0.2, 0.25) is 0 Å². The Morgan fingerprint density at radius 2 is 1.34 bits per heavy atom. The van der Waals surface area contributed by atoms with Gasteiger partial charge in [0.25, 0.3) is 0 Å². The topological polar surface area (TPSA) is 17.8 Å². The minimum Gasteiger partial charge on any atom is -0.258 e. The maximum absolute atomic E-state index is 6.85. The second kappa shape index (κ2) is 8.83. The third kappa shape index (κ3) is 4.57. The van der Waals surface area contributed by atoms with Crippen LogP contribution in [-0.4, -0.2) is 9.78 Å². The number of hydrogen-bond donors (Lipinski definition) is 0. The molecule has 0 N–H and O–H groups in total. The van der Waals surface area contributed by atoms with Gasteiger partial charge >= 0.3 is 0 Å². The minimum atomic E-state index is 0.470. The normalized spacial score (nSPS) is 11.1. The molecule has 0 spiro atoms. The van der Waals surface area contributed by atoms with Gasteiger partial charge in [-0.25, -0.2) is 0 Å². The molecule has 2 nitrogen and oxygen atoms in total. The van der Waals surface area contributed by atoms with Crippen molar-refractivity contribution in [3.8, 4) is 22.5 Å². The quantitative estimate of drug-likeness (QED) is 0.240. The molecule has 0 aliphatic carbocycles. The van der Waals surface area contributed by atoms with E-state index in [-0.39, 0.29) is 0 Å². The lowest BCUT2D eigenvalue weighted by molar-refractivity contribution is 0.697. The van der Waals surface area contributed by atoms with Gasteiger partial charge in [-0.05, 0) is 42.0 Å². The molecule has 4 rings (SSSR count). The molecule has 4 aromatic rings. The average molecular weight is 572 g/mol. The van der Waals surface area contributed by atoms with Gasteiger partial charge in [0.15, 0.2) is 0 Å². The zero-order valence-electron chi connectivity index (χ0n) is 14.8. The lowest BCUT2D eigenvalue weighted by Crippen LogP contribution is -2.04. The summed E-state index contributed by atoms with van der Waals surface area (Å²) in [5.74, 6) is 0. The SMILES string of the molecule is Clc1ccc(Cn2nc(-c3ccc(Br)cc3)c(Cl)c2-c2ccc(Br)cc2)c(Cl)c1. The molecule has 0 aliphatic heterocycles. The van der Waals surface area contributed by atoms with Crippen LogP contribution in [0.1, 0.15) is 5.56 Å². The fraction of sp³-hybridized carbons (Fsp3) is 0.0455. The number of rotatable bonds is 4. The molecule has 0 amide bonds. The first-order valence-corrected chi connectivity index (χ1v) is 11.4. The smallest absolute Gasteiger partial charge is 0.112 e. The fourth-order valence-electron chi connectivity index (χ4n) is 3.04. The number of benzene rings is 3. The third-order valence-electron chi connectivity index (χ3n) is 4.47. The first kappa shape index (κ1) is 21.0. The molecule has 7 heteroatoms. The Hall–Kier alpha value is -1.30. The molecule has 0 atom stereocenters. The molecule has 0 saturated carbocycles. The predicted molar refractivity (Wildman–Crippen MR) is 129 cm³/mol. The van der Waals surface area contributed by atoms with E-state index in [2.05, 4.69) is 31.9 Å². The molecular formula is C22H13Br2Cl3N2. The van der Waals surface area contributed by atoms with Crippen LogP contribution in [0.3, 0.4) is 0 Å². The summed E-state index contributed by atoms with van der Waals surface area (Å²) in [6.45, 7) is 0.470. The van der Waals surface area contributed by atoms with Crippen LogP contribution in [0.5, 0.6) is 0 Å². The van der Waals surface area contributed by atoms with Crippen LogP contribution in [0, 0.1) is 0 Å². The van der Waals surface area contributed by atoms with Crippen molar-refractivity contribution in [1.29, 1.82) is 0 Å². The van der Waals surface area contributed by atoms with Crippen LogP contribution in [0.4, 0.5) is 0 Å². The minimum absolute atomic E-state index is 0.470. The number of aromatic nitrogens is 2. The lowest BCUT2D eigenvalue weighted by Gasteiger charge is -2.10. The monoisotopic (exact) mass is 568 g/mol. The van der Waals surface area contributed by atoms with Gasteiger partial charge in [-0.2, -0.15) is 5.10 Å². The predicted octanol–water partition coefficient (Wildman–Crippen LogP) is 8.75. The summed E-state index contributed by atoms with van der Waals surface area (Å²) in [5, 5.41) is 6.62. The van der Waals surface area contributed by atoms with E-state index >= 15 is 0 Å². The second-order valence-electron chi connectivity index (χ2n) is 6.42. The van der Waals surface area contributed by atoms with Crippen LogP contribution in [0.25, 0.3) is 22.5 Å². The van der Waals surface area contributed by atoms with E-state index in [0.717, 1.165) is 37.0 Å². The van der Waals surface area contributed by atoms with E-state index in [4.69, 9.17) is 39.9 Å². The standard InChI is InChI=1S/C22H13Br2Cl3N2/c23-16-6-1-13(2-7-16)21-20(27)22(14-3-8-17(24)9-4-14)29(28-21)12-15-5-10-18(25)11-19(15)26/h1-11H,12H2. The van der Waals surface area contributed by atoms with E-state index in [0.29, 0.717) is 21.6 Å². The molecule has 1 heterocycles. The van der Waals surface area contributed by atoms with Crippen LogP contribution in [-0.2, 0) is 6.54 Å². The highest BCUT2D eigenvalue weighted by Gasteiger charge is 2.20. The fourth-order valence-corrected chi connectivity index (χ4v) is 4.39. The van der Waals surface area contributed by atoms with Crippen LogP contribution < -0.4 is 0 Å². The first-order valence-electron chi connectivity index (χ1n) is 8.64. The summed E-state index contributed by atoms with van der Waals surface area (Å²) in [6, 6.07) is 21.4. The summed E-state index contributed by atoms with van der Waals surface area (Å²) in [5.41, 5.74) is 4.39. The van der Waals surface area contributed by atoms with Gasteiger partial charge in [0.1, 0.15) is 5.69 Å². The van der Waals surface area contributed by atoms with Crippen molar-refractivity contribution in [3.63, 3.8) is 0 Å². The van der Waals surface area contributed by atoms with E-state index in [1.54, 1.807) is 6.07 Å². The Bertz CT molecular complexity index is 1170. The molecule has 29 heavy (non-hydrogen) atoms. The second-order valence-corrected chi connectivity index (χ2v) is 9.47. The number of hydrogen-bond acceptors (Lipinski definition) is 1. The maximum Gasteiger partial charge on any atom is 0.112 e. The molecule has 0 bridgehead atoms. The lowest BCUT2D eigenvalue weighted by atomic mass is 10.1. The Morgan fingerprint density at radius 1 is 0.759 bits per heavy atom. The Morgan fingerprint density at radius 3 is 1.93 bits per heavy atom. The maximum atomic E-state index is 6.85. The zero-order chi connectivity index (χ0) is 20.5. The molecule has 0 radical (unpaired) electrons. The highest BCUT2D eigenvalue weighted by Crippen LogP contribution is 2.38. The van der Waals surface area contributed by atoms with E-state index < -0.39 is 0 Å². The van der Waals surface area contributed by atoms with Crippen molar-refractivity contribution >= 4 is 66.7 Å². The molecule has 0 saturated heterocycles. The number of nitrogens with zero attached hydrogens (tertiary/aromatic N) is 2. The van der Waals surface area contributed by atoms with Crippen molar-refractivity contribution in [2.45, 2.75) is 6.54 Å². The Labute approximate surface area is 200 Å². The van der Waals surface area contributed by atoms with Crippen molar-refractivity contribution in [2.24, 2.45) is 0 Å². The van der Waals surface area contributed by atoms with Crippen molar-refractivity contribution in [2.75, 3.05) is 0 Å². The van der Waals surface area contributed by atoms with Gasteiger partial charge in [-0.1, -0.05) is 97.0 Å². The highest BCUT2D eigenvalue weighted by molar-refractivity contribution is 9.10. The zero-order valence-corrected chi connectivity index (χ0v) is 20.3. The highest BCUT2D eigenvalue weighted by atomic mass is 79.9. The van der Waals surface area contributed by atoms with Crippen LogP contribution in [0.2, 0.25) is 15.1 Å². The van der Waals surface area contributed by atoms with Crippen LogP contribution >= 0.6 is 66.7 Å². The molecule has 0 aliphatic rings. The van der Waals surface area contributed by atoms with Crippen molar-refractivity contribution in [1.82, 2.24) is 9.78 Å². The summed E-state index contributed by atoms with van der Waals surface area (Å²) < 4.78 is 3.88. The molecule has 146 valence electrons. The Balaban J connectivity index is 1.86. The largest absolute Gasteiger partial charge is 0.258 e. The first-order chi connectivity index (χ1) is 13.9. The summed E-state index contributed by atoms with van der Waals surface area (Å²) in [6.07, 6.45) is 0. The summed E-state index contributed by atoms with van der Waals surface area (Å²) in [7, 11) is 0. The van der Waals surface area contributed by atoms with Crippen molar-refractivity contribution in [3.05, 3.63) is 96.3 Å². The molecule has 3 aromatic carbocycles. The molecule has 0 unspecified atom stereocenters. The number of halogens is 5. The van der Waals surface area contributed by atoms with Gasteiger partial charge in [0, 0.05) is 30.1 Å². The van der Waals surface area contributed by atoms with E-state index in [1.165, 1.54) is 0 Å². The van der Waals surface area contributed by atoms with Gasteiger partial charge in [-0.15, -0.1) is 0 Å². The van der Waals surface area contributed by atoms with E-state index in [9.17, 15) is 0 Å². The molecular weight excluding hydrogens is 558 g/mol. The van der Waals surface area contributed by atoms with Crippen LogP contribution in [0.15, 0.2) is 75.7 Å². The summed E-state index contributed by atoms with van der Waals surface area (Å²) >= 11 is 26.3. The molecule has 1 aromatic heterocycles.